The third-order valence-electron chi connectivity index (χ3n) is 4.16. The Morgan fingerprint density at radius 3 is 2.59 bits per heavy atom. The van der Waals surface area contributed by atoms with Gasteiger partial charge in [-0.05, 0) is 5.49 Å². The molecule has 27 heavy (non-hydrogen) atoms. The van der Waals surface area contributed by atoms with E-state index < -0.39 is 18.0 Å². The smallest absolute Gasteiger partial charge is 0.324 e. The van der Waals surface area contributed by atoms with Crippen LogP contribution in [0.25, 0.3) is 0 Å². The second kappa shape index (κ2) is 10.4. The molecule has 1 fully saturated rings. The molecule has 9 heteroatoms. The second-order valence-electron chi connectivity index (χ2n) is 5.74. The Bertz CT molecular complexity index is 839. The summed E-state index contributed by atoms with van der Waals surface area (Å²) in [6.07, 6.45) is -0.346. The molecule has 0 aliphatic carbocycles. The maximum atomic E-state index is 12.5. The molecule has 8 nitrogen and oxygen atoms in total. The number of nitrogens with zero attached hydrogens (tertiary/aromatic N) is 2. The fourth-order valence-electron chi connectivity index (χ4n) is 2.98. The number of hydrogen-bond donors (Lipinski definition) is 1. The maximum absolute atomic E-state index is 12.5. The minimum atomic E-state index is -0.664. The molecule has 1 aliphatic rings. The van der Waals surface area contributed by atoms with Crippen molar-refractivity contribution >= 4 is 5.69 Å². The normalized spacial score (nSPS) is 25.4. The molecule has 4 atom stereocenters. The van der Waals surface area contributed by atoms with Gasteiger partial charge in [-0.3, -0.25) is 4.99 Å². The van der Waals surface area contributed by atoms with Crippen molar-refractivity contribution in [3.63, 3.8) is 0 Å². The van der Waals surface area contributed by atoms with Crippen LogP contribution in [-0.4, -0.2) is 55.8 Å². The van der Waals surface area contributed by atoms with Gasteiger partial charge in [0.2, 0.25) is 0 Å². The van der Waals surface area contributed by atoms with Crippen molar-refractivity contribution in [1.29, 1.82) is 0 Å². The van der Waals surface area contributed by atoms with Gasteiger partial charge in [0.05, 0.1) is 6.61 Å². The molecule has 1 aliphatic heterocycles. The number of ether oxygens (including phenoxy) is 4. The van der Waals surface area contributed by atoms with Crippen molar-refractivity contribution in [3.05, 3.63) is 58.6 Å². The van der Waals surface area contributed by atoms with Crippen LogP contribution in [0.4, 0.5) is 5.69 Å². The van der Waals surface area contributed by atoms with E-state index in [2.05, 4.69) is 22.1 Å². The Hall–Kier alpha value is -1.16. The number of rotatable bonds is 6. The molecule has 143 valence electrons. The average Bonchev–Trinajstić information content (AvgIpc) is 3.00. The van der Waals surface area contributed by atoms with Gasteiger partial charge >= 0.3 is 5.69 Å². The Morgan fingerprint density at radius 2 is 2.00 bits per heavy atom. The number of nitrogens with one attached hydrogen (secondary N) is 1. The summed E-state index contributed by atoms with van der Waals surface area (Å²) in [5.74, 6) is 0. The Labute approximate surface area is 182 Å². The van der Waals surface area contributed by atoms with Crippen LogP contribution in [0, 0.1) is 12.1 Å². The third kappa shape index (κ3) is 5.02. The van der Waals surface area contributed by atoms with Crippen molar-refractivity contribution in [3.8, 4) is 0 Å². The summed E-state index contributed by atoms with van der Waals surface area (Å²) in [5, 5.41) is 0. The summed E-state index contributed by atoms with van der Waals surface area (Å²) >= 11 is 0. The van der Waals surface area contributed by atoms with Crippen LogP contribution in [-0.2, 0) is 51.7 Å². The molecular weight excluding hydrogens is 427 g/mol. The zero-order valence-corrected chi connectivity index (χ0v) is 18.3. The van der Waals surface area contributed by atoms with E-state index in [1.165, 1.54) is 10.8 Å². The van der Waals surface area contributed by atoms with Gasteiger partial charge in [-0.1, -0.05) is 5.69 Å². The number of hydrogen-bond acceptors (Lipinski definition) is 6. The van der Waals surface area contributed by atoms with Crippen molar-refractivity contribution in [2.45, 2.75) is 24.5 Å². The van der Waals surface area contributed by atoms with E-state index in [1.54, 1.807) is 33.5 Å². The number of aromatic amines is 1. The number of aromatic nitrogens is 2. The van der Waals surface area contributed by atoms with Crippen LogP contribution >= 0.6 is 0 Å². The van der Waals surface area contributed by atoms with E-state index in [9.17, 15) is 4.79 Å². The minimum Gasteiger partial charge on any atom is -0.410 e. The zero-order chi connectivity index (χ0) is 18.5. The third-order valence-corrected chi connectivity index (χ3v) is 4.16. The molecule has 0 amide bonds. The molecule has 0 spiro atoms. The SMILES string of the molecule is COC[C@H]1O[C@@H](n2c[c-]c(=Nc3[c-]cccc3)[nH]c2=O)[C@@H](OC)C1OC.[Y]. The van der Waals surface area contributed by atoms with Crippen LogP contribution < -0.4 is 11.2 Å². The van der Waals surface area contributed by atoms with E-state index in [0.29, 0.717) is 17.8 Å². The van der Waals surface area contributed by atoms with E-state index in [0.717, 1.165) is 0 Å². The topological polar surface area (TPSA) is 87.1 Å². The van der Waals surface area contributed by atoms with Crippen LogP contribution in [0.2, 0.25) is 0 Å². The Kier molecular flexibility index (Phi) is 8.53. The van der Waals surface area contributed by atoms with Crippen LogP contribution in [0.1, 0.15) is 6.23 Å². The second-order valence-corrected chi connectivity index (χ2v) is 5.74. The van der Waals surface area contributed by atoms with Gasteiger partial charge in [0, 0.05) is 54.0 Å². The van der Waals surface area contributed by atoms with Crippen molar-refractivity contribution in [2.75, 3.05) is 27.9 Å². The average molecular weight is 448 g/mol. The summed E-state index contributed by atoms with van der Waals surface area (Å²) in [6, 6.07) is 13.1. The van der Waals surface area contributed by atoms with Crippen LogP contribution in [0.15, 0.2) is 40.2 Å². The van der Waals surface area contributed by atoms with Crippen molar-refractivity contribution in [1.82, 2.24) is 9.55 Å². The molecule has 2 aromatic rings. The van der Waals surface area contributed by atoms with E-state index in [4.69, 9.17) is 18.9 Å². The molecule has 1 unspecified atom stereocenters. The molecule has 0 saturated carbocycles. The van der Waals surface area contributed by atoms with Gasteiger partial charge in [0.1, 0.15) is 18.3 Å². The number of para-hydroxylation sites is 1. The summed E-state index contributed by atoms with van der Waals surface area (Å²) < 4.78 is 23.5. The van der Waals surface area contributed by atoms with Crippen LogP contribution in [0.3, 0.4) is 0 Å². The summed E-state index contributed by atoms with van der Waals surface area (Å²) in [5.41, 5.74) is 0.513. The van der Waals surface area contributed by atoms with Gasteiger partial charge in [0.25, 0.3) is 0 Å². The first-order valence-corrected chi connectivity index (χ1v) is 8.12. The van der Waals surface area contributed by atoms with Crippen molar-refractivity contribution in [2.24, 2.45) is 4.99 Å². The predicted molar refractivity (Wildman–Crippen MR) is 91.8 cm³/mol. The summed E-state index contributed by atoms with van der Waals surface area (Å²) in [4.78, 5) is 19.5. The van der Waals surface area contributed by atoms with Crippen LogP contribution in [0.5, 0.6) is 0 Å². The van der Waals surface area contributed by atoms with Gasteiger partial charge in [0.15, 0.2) is 6.23 Å². The molecule has 1 radical (unpaired) electrons. The fourth-order valence-corrected chi connectivity index (χ4v) is 2.98. The molecule has 3 rings (SSSR count). The van der Waals surface area contributed by atoms with Gasteiger partial charge in [-0.2, -0.15) is 30.5 Å². The van der Waals surface area contributed by atoms with Gasteiger partial charge < -0.3 is 34.6 Å². The van der Waals surface area contributed by atoms with Gasteiger partial charge in [-0.15, -0.1) is 6.07 Å². The molecule has 0 bridgehead atoms. The molecular formula is C18H21N3O5Y-2. The first-order chi connectivity index (χ1) is 12.7. The zero-order valence-electron chi connectivity index (χ0n) is 15.4. The molecule has 2 heterocycles. The largest absolute Gasteiger partial charge is 0.410 e. The summed E-state index contributed by atoms with van der Waals surface area (Å²) in [7, 11) is 4.70. The van der Waals surface area contributed by atoms with Crippen molar-refractivity contribution < 1.29 is 51.7 Å². The number of benzene rings is 1. The molecule has 1 aromatic heterocycles. The molecule has 1 aromatic carbocycles. The Morgan fingerprint density at radius 1 is 1.22 bits per heavy atom. The number of methoxy groups -OCH3 is 3. The monoisotopic (exact) mass is 448 g/mol. The molecule has 1 saturated heterocycles. The minimum absolute atomic E-state index is 0. The maximum Gasteiger partial charge on any atom is 0.324 e. The van der Waals surface area contributed by atoms with E-state index in [1.807, 2.05) is 12.1 Å². The predicted octanol–water partition coefficient (Wildman–Crippen LogP) is 0.580. The first-order valence-electron chi connectivity index (χ1n) is 8.12. The number of H-pyrrole nitrogens is 1. The fraction of sp³-hybridized carbons (Fsp3) is 0.444. The Balaban J connectivity index is 0.00000261. The van der Waals surface area contributed by atoms with Gasteiger partial charge in [-0.25, -0.2) is 4.79 Å². The summed E-state index contributed by atoms with van der Waals surface area (Å²) in [6.45, 7) is 0.328. The first kappa shape index (κ1) is 22.1. The quantitative estimate of drug-likeness (QED) is 0.654. The standard InChI is InChI=1S/C18H21N3O5.Y/c1-23-11-13-15(24-2)16(25-3)17(26-13)21-10-9-14(20-18(21)22)19-12-7-5-4-6-8-12;/h4-7,10,13,15-17H,11H2,1-3H3,(H,19,20,22);/q-2;/t13-,15?,16+,17-;/m1./s1. The van der Waals surface area contributed by atoms with E-state index in [-0.39, 0.29) is 44.9 Å². The molecule has 1 N–H and O–H groups in total. The van der Waals surface area contributed by atoms with E-state index >= 15 is 0 Å².